The van der Waals surface area contributed by atoms with Crippen LogP contribution in [0.2, 0.25) is 5.02 Å². The van der Waals surface area contributed by atoms with Gasteiger partial charge in [0.05, 0.1) is 17.4 Å². The summed E-state index contributed by atoms with van der Waals surface area (Å²) in [5, 5.41) is 4.72. The summed E-state index contributed by atoms with van der Waals surface area (Å²) in [6.45, 7) is 1.85. The molecule has 30 heavy (non-hydrogen) atoms. The molecule has 0 bridgehead atoms. The molecule has 0 aliphatic rings. The van der Waals surface area contributed by atoms with Crippen molar-refractivity contribution in [2.45, 2.75) is 17.2 Å². The number of ether oxygens (including phenoxy) is 1. The second kappa shape index (κ2) is 9.04. The molecule has 1 N–H and O–H groups in total. The van der Waals surface area contributed by atoms with Gasteiger partial charge >= 0.3 is 0 Å². The number of halogens is 1. The largest absolute Gasteiger partial charge is 0.495 e. The molecule has 1 unspecified atom stereocenters. The van der Waals surface area contributed by atoms with E-state index in [0.29, 0.717) is 16.5 Å². The van der Waals surface area contributed by atoms with Crippen molar-refractivity contribution >= 4 is 56.5 Å². The Morgan fingerprint density at radius 1 is 1.17 bits per heavy atom. The molecule has 0 fully saturated rings. The third-order valence-corrected chi connectivity index (χ3v) is 6.93. The van der Waals surface area contributed by atoms with Gasteiger partial charge in [0.1, 0.15) is 21.9 Å². The zero-order chi connectivity index (χ0) is 21.1. The monoisotopic (exact) mass is 455 g/mol. The molecule has 5 nitrogen and oxygen atoms in total. The van der Waals surface area contributed by atoms with Crippen LogP contribution in [0.1, 0.15) is 6.92 Å². The number of anilines is 1. The molecule has 0 saturated carbocycles. The van der Waals surface area contributed by atoms with E-state index < -0.39 is 0 Å². The minimum absolute atomic E-state index is 0.133. The van der Waals surface area contributed by atoms with E-state index in [9.17, 15) is 4.79 Å². The van der Waals surface area contributed by atoms with Crippen molar-refractivity contribution < 1.29 is 9.53 Å². The SMILES string of the molecule is COc1ccc(NC(=O)C(C)Sc2ncnc3sc(-c4ccccc4)cc23)cc1Cl. The first-order valence-electron chi connectivity index (χ1n) is 9.16. The van der Waals surface area contributed by atoms with Crippen LogP contribution in [-0.4, -0.2) is 28.2 Å². The predicted octanol–water partition coefficient (Wildman–Crippen LogP) is 6.14. The lowest BCUT2D eigenvalue weighted by molar-refractivity contribution is -0.115. The summed E-state index contributed by atoms with van der Waals surface area (Å²) in [6, 6.07) is 17.4. The number of thioether (sulfide) groups is 1. The topological polar surface area (TPSA) is 64.1 Å². The third-order valence-electron chi connectivity index (χ3n) is 4.43. The number of hydrogen-bond donors (Lipinski definition) is 1. The van der Waals surface area contributed by atoms with E-state index in [1.54, 1.807) is 43.0 Å². The molecular formula is C22H18ClN3O2S2. The van der Waals surface area contributed by atoms with Crippen LogP contribution in [0, 0.1) is 0 Å². The number of thiophene rings is 1. The number of nitrogens with one attached hydrogen (secondary N) is 1. The second-order valence-corrected chi connectivity index (χ2v) is 9.24. The zero-order valence-electron chi connectivity index (χ0n) is 16.3. The molecule has 1 atom stereocenters. The molecule has 0 spiro atoms. The van der Waals surface area contributed by atoms with Gasteiger partial charge in [0.15, 0.2) is 0 Å². The first kappa shape index (κ1) is 20.7. The van der Waals surface area contributed by atoms with Gasteiger partial charge in [-0.3, -0.25) is 4.79 Å². The van der Waals surface area contributed by atoms with E-state index in [1.165, 1.54) is 11.8 Å². The molecule has 152 valence electrons. The maximum atomic E-state index is 12.7. The average Bonchev–Trinajstić information content (AvgIpc) is 3.20. The van der Waals surface area contributed by atoms with E-state index in [0.717, 1.165) is 25.7 Å². The van der Waals surface area contributed by atoms with Crippen LogP contribution >= 0.6 is 34.7 Å². The Bertz CT molecular complexity index is 1200. The average molecular weight is 456 g/mol. The van der Waals surface area contributed by atoms with Crippen molar-refractivity contribution in [3.05, 3.63) is 65.9 Å². The van der Waals surface area contributed by atoms with Crippen molar-refractivity contribution in [1.82, 2.24) is 9.97 Å². The van der Waals surface area contributed by atoms with Gasteiger partial charge in [-0.25, -0.2) is 9.97 Å². The fourth-order valence-electron chi connectivity index (χ4n) is 2.88. The normalized spacial score (nSPS) is 12.0. The lowest BCUT2D eigenvalue weighted by Crippen LogP contribution is -2.22. The molecular weight excluding hydrogens is 438 g/mol. The number of amides is 1. The Kier molecular flexibility index (Phi) is 6.22. The van der Waals surface area contributed by atoms with E-state index in [2.05, 4.69) is 33.5 Å². The minimum atomic E-state index is -0.357. The van der Waals surface area contributed by atoms with Crippen LogP contribution in [-0.2, 0) is 4.79 Å². The number of methoxy groups -OCH3 is 1. The van der Waals surface area contributed by atoms with Crippen molar-refractivity contribution in [3.63, 3.8) is 0 Å². The number of carbonyl (C=O) groups excluding carboxylic acids is 1. The van der Waals surface area contributed by atoms with E-state index in [-0.39, 0.29) is 11.2 Å². The Balaban J connectivity index is 1.52. The highest BCUT2D eigenvalue weighted by Gasteiger charge is 2.19. The highest BCUT2D eigenvalue weighted by Crippen LogP contribution is 2.37. The highest BCUT2D eigenvalue weighted by atomic mass is 35.5. The Morgan fingerprint density at radius 2 is 1.97 bits per heavy atom. The number of nitrogens with zero attached hydrogens (tertiary/aromatic N) is 2. The number of carbonyl (C=O) groups is 1. The van der Waals surface area contributed by atoms with Crippen LogP contribution in [0.3, 0.4) is 0 Å². The van der Waals surface area contributed by atoms with Crippen LogP contribution in [0.5, 0.6) is 5.75 Å². The van der Waals surface area contributed by atoms with Gasteiger partial charge in [-0.1, -0.05) is 53.7 Å². The van der Waals surface area contributed by atoms with Crippen molar-refractivity contribution in [1.29, 1.82) is 0 Å². The molecule has 4 rings (SSSR count). The van der Waals surface area contributed by atoms with Crippen molar-refractivity contribution in [2.24, 2.45) is 0 Å². The predicted molar refractivity (Wildman–Crippen MR) is 125 cm³/mol. The zero-order valence-corrected chi connectivity index (χ0v) is 18.6. The highest BCUT2D eigenvalue weighted by molar-refractivity contribution is 8.00. The fourth-order valence-corrected chi connectivity index (χ4v) is 5.10. The molecule has 1 amide bonds. The van der Waals surface area contributed by atoms with Gasteiger partial charge in [-0.15, -0.1) is 11.3 Å². The maximum Gasteiger partial charge on any atom is 0.237 e. The van der Waals surface area contributed by atoms with Gasteiger partial charge in [-0.05, 0) is 36.8 Å². The number of rotatable bonds is 6. The molecule has 0 aliphatic carbocycles. The summed E-state index contributed by atoms with van der Waals surface area (Å²) in [7, 11) is 1.55. The van der Waals surface area contributed by atoms with Gasteiger partial charge < -0.3 is 10.1 Å². The Labute approximate surface area is 187 Å². The number of fused-ring (bicyclic) bond motifs is 1. The van der Waals surface area contributed by atoms with Crippen molar-refractivity contribution in [3.8, 4) is 16.2 Å². The molecule has 4 aromatic rings. The van der Waals surface area contributed by atoms with Gasteiger partial charge in [0.2, 0.25) is 5.91 Å². The minimum Gasteiger partial charge on any atom is -0.495 e. The smallest absolute Gasteiger partial charge is 0.237 e. The first-order valence-corrected chi connectivity index (χ1v) is 11.2. The van der Waals surface area contributed by atoms with E-state index >= 15 is 0 Å². The molecule has 2 aromatic carbocycles. The van der Waals surface area contributed by atoms with E-state index in [1.807, 2.05) is 25.1 Å². The summed E-state index contributed by atoms with van der Waals surface area (Å²) >= 11 is 9.17. The van der Waals surface area contributed by atoms with Crippen LogP contribution in [0.4, 0.5) is 5.69 Å². The van der Waals surface area contributed by atoms with Gasteiger partial charge in [0, 0.05) is 16.0 Å². The second-order valence-electron chi connectivity index (χ2n) is 6.47. The van der Waals surface area contributed by atoms with Gasteiger partial charge in [0.25, 0.3) is 0 Å². The number of benzene rings is 2. The molecule has 0 radical (unpaired) electrons. The standard InChI is InChI=1S/C22H18ClN3O2S2/c1-13(20(27)26-15-8-9-18(28-2)17(23)10-15)29-21-16-11-19(14-6-4-3-5-7-14)30-22(16)25-12-24-21/h3-13H,1-2H3,(H,26,27). The third kappa shape index (κ3) is 4.43. The Hall–Kier alpha value is -2.61. The summed E-state index contributed by atoms with van der Waals surface area (Å²) in [6.07, 6.45) is 1.55. The molecule has 8 heteroatoms. The number of hydrogen-bond acceptors (Lipinski definition) is 6. The van der Waals surface area contributed by atoms with Crippen molar-refractivity contribution in [2.75, 3.05) is 12.4 Å². The Morgan fingerprint density at radius 3 is 2.70 bits per heavy atom. The first-order chi connectivity index (χ1) is 14.5. The van der Waals surface area contributed by atoms with E-state index in [4.69, 9.17) is 16.3 Å². The maximum absolute atomic E-state index is 12.7. The summed E-state index contributed by atoms with van der Waals surface area (Å²) in [5.74, 6) is 0.429. The molecule has 2 heterocycles. The van der Waals surface area contributed by atoms with Crippen LogP contribution < -0.4 is 10.1 Å². The summed E-state index contributed by atoms with van der Waals surface area (Å²) in [4.78, 5) is 23.5. The molecule has 2 aromatic heterocycles. The lowest BCUT2D eigenvalue weighted by Gasteiger charge is -2.13. The summed E-state index contributed by atoms with van der Waals surface area (Å²) < 4.78 is 5.14. The lowest BCUT2D eigenvalue weighted by atomic mass is 10.2. The van der Waals surface area contributed by atoms with Crippen LogP contribution in [0.15, 0.2) is 66.0 Å². The quantitative estimate of drug-likeness (QED) is 0.279. The summed E-state index contributed by atoms with van der Waals surface area (Å²) in [5.41, 5.74) is 1.76. The van der Waals surface area contributed by atoms with Crippen LogP contribution in [0.25, 0.3) is 20.7 Å². The fraction of sp³-hybridized carbons (Fsp3) is 0.136. The molecule has 0 aliphatic heterocycles. The van der Waals surface area contributed by atoms with Gasteiger partial charge in [-0.2, -0.15) is 0 Å². The molecule has 0 saturated heterocycles. The number of aromatic nitrogens is 2.